The molecule has 1 aliphatic heterocycles. The lowest BCUT2D eigenvalue weighted by Gasteiger charge is -2.49. The average Bonchev–Trinajstić information content (AvgIpc) is 2.87. The van der Waals surface area contributed by atoms with Gasteiger partial charge in [-0.25, -0.2) is 0 Å². The SMILES string of the molecule is CCCN1CCC(O)(C2(CN)CCC(CC)C2)CC1. The van der Waals surface area contributed by atoms with Crippen molar-refractivity contribution in [1.29, 1.82) is 0 Å². The van der Waals surface area contributed by atoms with Crippen LogP contribution in [0.5, 0.6) is 0 Å². The molecule has 3 N–H and O–H groups in total. The van der Waals surface area contributed by atoms with Crippen molar-refractivity contribution in [3.63, 3.8) is 0 Å². The maximum absolute atomic E-state index is 11.2. The molecule has 2 rings (SSSR count). The Morgan fingerprint density at radius 3 is 2.37 bits per heavy atom. The highest BCUT2D eigenvalue weighted by atomic mass is 16.3. The molecule has 2 unspecified atom stereocenters. The molecular weight excluding hydrogens is 236 g/mol. The van der Waals surface area contributed by atoms with Gasteiger partial charge < -0.3 is 15.7 Å². The molecule has 0 spiro atoms. The summed E-state index contributed by atoms with van der Waals surface area (Å²) in [6.45, 7) is 8.42. The molecule has 2 fully saturated rings. The van der Waals surface area contributed by atoms with Gasteiger partial charge in [0, 0.05) is 25.0 Å². The first-order chi connectivity index (χ1) is 9.09. The highest BCUT2D eigenvalue weighted by Crippen LogP contribution is 2.52. The average molecular weight is 268 g/mol. The number of aliphatic hydroxyl groups is 1. The first-order valence-corrected chi connectivity index (χ1v) is 8.24. The number of likely N-dealkylation sites (tertiary alicyclic amines) is 1. The molecule has 2 atom stereocenters. The van der Waals surface area contributed by atoms with E-state index >= 15 is 0 Å². The maximum Gasteiger partial charge on any atom is 0.0740 e. The molecule has 1 saturated heterocycles. The zero-order chi connectivity index (χ0) is 13.9. The van der Waals surface area contributed by atoms with E-state index in [0.717, 1.165) is 44.7 Å². The molecule has 0 radical (unpaired) electrons. The van der Waals surface area contributed by atoms with Crippen LogP contribution in [0.1, 0.15) is 58.8 Å². The van der Waals surface area contributed by atoms with Crippen molar-refractivity contribution in [3.8, 4) is 0 Å². The van der Waals surface area contributed by atoms with Gasteiger partial charge in [0.2, 0.25) is 0 Å². The van der Waals surface area contributed by atoms with Gasteiger partial charge in [-0.3, -0.25) is 0 Å². The Bertz CT molecular complexity index is 286. The van der Waals surface area contributed by atoms with Crippen LogP contribution in [0.2, 0.25) is 0 Å². The smallest absolute Gasteiger partial charge is 0.0740 e. The van der Waals surface area contributed by atoms with Crippen molar-refractivity contribution in [2.75, 3.05) is 26.2 Å². The Kier molecular flexibility index (Phi) is 4.91. The van der Waals surface area contributed by atoms with Crippen molar-refractivity contribution < 1.29 is 5.11 Å². The van der Waals surface area contributed by atoms with Crippen LogP contribution in [-0.2, 0) is 0 Å². The van der Waals surface area contributed by atoms with E-state index in [0.29, 0.717) is 6.54 Å². The fourth-order valence-corrected chi connectivity index (χ4v) is 4.38. The van der Waals surface area contributed by atoms with E-state index in [1.807, 2.05) is 0 Å². The summed E-state index contributed by atoms with van der Waals surface area (Å²) in [6, 6.07) is 0. The minimum atomic E-state index is -0.504. The molecule has 0 bridgehead atoms. The lowest BCUT2D eigenvalue weighted by atomic mass is 9.65. The second-order valence-corrected chi connectivity index (χ2v) is 6.87. The second kappa shape index (κ2) is 6.11. The lowest BCUT2D eigenvalue weighted by Crippen LogP contribution is -2.57. The van der Waals surface area contributed by atoms with Crippen LogP contribution in [0.15, 0.2) is 0 Å². The molecular formula is C16H32N2O. The van der Waals surface area contributed by atoms with E-state index in [-0.39, 0.29) is 5.41 Å². The quantitative estimate of drug-likeness (QED) is 0.805. The van der Waals surface area contributed by atoms with E-state index < -0.39 is 5.60 Å². The summed E-state index contributed by atoms with van der Waals surface area (Å²) in [5.74, 6) is 0.779. The molecule has 3 nitrogen and oxygen atoms in total. The Morgan fingerprint density at radius 1 is 1.21 bits per heavy atom. The molecule has 19 heavy (non-hydrogen) atoms. The summed E-state index contributed by atoms with van der Waals surface area (Å²) < 4.78 is 0. The van der Waals surface area contributed by atoms with Crippen LogP contribution < -0.4 is 5.73 Å². The summed E-state index contributed by atoms with van der Waals surface area (Å²) in [4.78, 5) is 2.49. The molecule has 0 amide bonds. The third kappa shape index (κ3) is 2.84. The number of rotatable bonds is 5. The Balaban J connectivity index is 2.03. The highest BCUT2D eigenvalue weighted by Gasteiger charge is 2.53. The topological polar surface area (TPSA) is 49.5 Å². The van der Waals surface area contributed by atoms with Gasteiger partial charge in [-0.2, -0.15) is 0 Å². The molecule has 112 valence electrons. The summed E-state index contributed by atoms with van der Waals surface area (Å²) >= 11 is 0. The molecule has 1 saturated carbocycles. The first-order valence-electron chi connectivity index (χ1n) is 8.24. The third-order valence-electron chi connectivity index (χ3n) is 5.89. The lowest BCUT2D eigenvalue weighted by molar-refractivity contribution is -0.117. The van der Waals surface area contributed by atoms with E-state index in [1.165, 1.54) is 25.8 Å². The maximum atomic E-state index is 11.2. The Morgan fingerprint density at radius 2 is 1.89 bits per heavy atom. The fraction of sp³-hybridized carbons (Fsp3) is 1.00. The van der Waals surface area contributed by atoms with Crippen molar-refractivity contribution in [2.45, 2.75) is 64.4 Å². The van der Waals surface area contributed by atoms with Gasteiger partial charge in [-0.1, -0.05) is 20.3 Å². The van der Waals surface area contributed by atoms with Gasteiger partial charge in [0.05, 0.1) is 5.60 Å². The van der Waals surface area contributed by atoms with Crippen LogP contribution in [0.3, 0.4) is 0 Å². The van der Waals surface area contributed by atoms with E-state index in [9.17, 15) is 5.11 Å². The second-order valence-electron chi connectivity index (χ2n) is 6.87. The summed E-state index contributed by atoms with van der Waals surface area (Å²) in [6.07, 6.45) is 7.81. The summed E-state index contributed by atoms with van der Waals surface area (Å²) in [7, 11) is 0. The Hall–Kier alpha value is -0.120. The minimum Gasteiger partial charge on any atom is -0.389 e. The number of hydrogen-bond acceptors (Lipinski definition) is 3. The minimum absolute atomic E-state index is 0.00593. The summed E-state index contributed by atoms with van der Waals surface area (Å²) in [5.41, 5.74) is 5.62. The van der Waals surface area contributed by atoms with Crippen LogP contribution >= 0.6 is 0 Å². The highest BCUT2D eigenvalue weighted by molar-refractivity contribution is 5.06. The monoisotopic (exact) mass is 268 g/mol. The zero-order valence-corrected chi connectivity index (χ0v) is 12.8. The number of nitrogens with two attached hydrogens (primary N) is 1. The van der Waals surface area contributed by atoms with Gasteiger partial charge in [-0.15, -0.1) is 0 Å². The predicted octanol–water partition coefficient (Wildman–Crippen LogP) is 2.38. The standard InChI is InChI=1S/C16H32N2O/c1-3-9-18-10-7-16(19,8-11-18)15(13-17)6-5-14(4-2)12-15/h14,19H,3-13,17H2,1-2H3. The van der Waals surface area contributed by atoms with Gasteiger partial charge >= 0.3 is 0 Å². The zero-order valence-electron chi connectivity index (χ0n) is 12.8. The van der Waals surface area contributed by atoms with Crippen LogP contribution in [0.25, 0.3) is 0 Å². The van der Waals surface area contributed by atoms with Crippen LogP contribution in [-0.4, -0.2) is 41.8 Å². The molecule has 0 aromatic heterocycles. The number of piperidine rings is 1. The van der Waals surface area contributed by atoms with Gasteiger partial charge in [0.15, 0.2) is 0 Å². The van der Waals surface area contributed by atoms with E-state index in [2.05, 4.69) is 18.7 Å². The van der Waals surface area contributed by atoms with E-state index in [4.69, 9.17) is 5.73 Å². The Labute approximate surface area is 118 Å². The number of hydrogen-bond donors (Lipinski definition) is 2. The van der Waals surface area contributed by atoms with Crippen LogP contribution in [0.4, 0.5) is 0 Å². The van der Waals surface area contributed by atoms with E-state index in [1.54, 1.807) is 0 Å². The van der Waals surface area contributed by atoms with Crippen molar-refractivity contribution in [2.24, 2.45) is 17.1 Å². The fourth-order valence-electron chi connectivity index (χ4n) is 4.38. The third-order valence-corrected chi connectivity index (χ3v) is 5.89. The van der Waals surface area contributed by atoms with Crippen molar-refractivity contribution >= 4 is 0 Å². The van der Waals surface area contributed by atoms with Crippen LogP contribution in [0, 0.1) is 11.3 Å². The molecule has 0 aromatic rings. The van der Waals surface area contributed by atoms with Gasteiger partial charge in [0.25, 0.3) is 0 Å². The molecule has 2 aliphatic rings. The normalized spacial score (nSPS) is 35.7. The molecule has 1 heterocycles. The van der Waals surface area contributed by atoms with Crippen molar-refractivity contribution in [3.05, 3.63) is 0 Å². The first kappa shape index (κ1) is 15.3. The van der Waals surface area contributed by atoms with Crippen molar-refractivity contribution in [1.82, 2.24) is 4.90 Å². The molecule has 0 aromatic carbocycles. The number of nitrogens with zero attached hydrogens (tertiary/aromatic N) is 1. The largest absolute Gasteiger partial charge is 0.389 e. The van der Waals surface area contributed by atoms with Gasteiger partial charge in [0.1, 0.15) is 0 Å². The molecule has 1 aliphatic carbocycles. The summed E-state index contributed by atoms with van der Waals surface area (Å²) in [5, 5.41) is 11.2. The van der Waals surface area contributed by atoms with Gasteiger partial charge in [-0.05, 0) is 51.0 Å². The predicted molar refractivity (Wildman–Crippen MR) is 80.0 cm³/mol. The molecule has 3 heteroatoms.